The number of likely N-dealkylation sites (N-methyl/N-ethyl adjacent to an activating group) is 1. The number of thioether (sulfide) groups is 1. The number of piperazine rings is 1. The zero-order chi connectivity index (χ0) is 16.1. The Balaban J connectivity index is 1.51. The Kier molecular flexibility index (Phi) is 6.14. The monoisotopic (exact) mass is 335 g/mol. The summed E-state index contributed by atoms with van der Waals surface area (Å²) in [4.78, 5) is 13.8. The molecule has 1 saturated carbocycles. The van der Waals surface area contributed by atoms with E-state index in [1.54, 1.807) is 0 Å². The topological polar surface area (TPSA) is 44.3 Å². The number of hydrogen-bond donors (Lipinski definition) is 1. The summed E-state index contributed by atoms with van der Waals surface area (Å²) in [6.07, 6.45) is 11.6. The number of aromatic nitrogens is 2. The van der Waals surface area contributed by atoms with Crippen LogP contribution in [0.3, 0.4) is 0 Å². The summed E-state index contributed by atoms with van der Waals surface area (Å²) in [6.45, 7) is 5.09. The van der Waals surface area contributed by atoms with Crippen molar-refractivity contribution >= 4 is 17.7 Å². The van der Waals surface area contributed by atoms with Gasteiger partial charge in [-0.1, -0.05) is 12.8 Å². The van der Waals surface area contributed by atoms with Crippen LogP contribution in [-0.4, -0.2) is 65.6 Å². The van der Waals surface area contributed by atoms with E-state index in [0.717, 1.165) is 43.9 Å². The quantitative estimate of drug-likeness (QED) is 0.888. The van der Waals surface area contributed by atoms with Gasteiger partial charge >= 0.3 is 0 Å². The molecule has 1 aromatic heterocycles. The first-order valence-corrected chi connectivity index (χ1v) is 10.1. The van der Waals surface area contributed by atoms with E-state index in [1.165, 1.54) is 31.2 Å². The van der Waals surface area contributed by atoms with E-state index in [-0.39, 0.29) is 0 Å². The number of nitrogens with zero attached hydrogens (tertiary/aromatic N) is 4. The number of anilines is 1. The largest absolute Gasteiger partial charge is 0.338 e. The highest BCUT2D eigenvalue weighted by Crippen LogP contribution is 2.27. The Hall–Kier alpha value is -0.850. The molecule has 1 aliphatic heterocycles. The maximum absolute atomic E-state index is 4.58. The molecular weight excluding hydrogens is 306 g/mol. The lowest BCUT2D eigenvalue weighted by atomic mass is 9.95. The first kappa shape index (κ1) is 17.0. The fourth-order valence-electron chi connectivity index (χ4n) is 3.47. The van der Waals surface area contributed by atoms with E-state index in [1.807, 2.05) is 24.2 Å². The van der Waals surface area contributed by atoms with Gasteiger partial charge < -0.3 is 15.1 Å². The zero-order valence-corrected chi connectivity index (χ0v) is 15.2. The summed E-state index contributed by atoms with van der Waals surface area (Å²) in [5.41, 5.74) is 1.19. The maximum atomic E-state index is 4.58. The summed E-state index contributed by atoms with van der Waals surface area (Å²) in [6, 6.07) is 0.635. The first-order valence-electron chi connectivity index (χ1n) is 8.77. The fourth-order valence-corrected chi connectivity index (χ4v) is 4.43. The predicted molar refractivity (Wildman–Crippen MR) is 98.1 cm³/mol. The van der Waals surface area contributed by atoms with Crippen LogP contribution < -0.4 is 10.2 Å². The standard InChI is InChI=1S/C17H29N5S/c1-21-7-9-22(10-8-21)17-19-12-14(13-20-17)11-18-15-5-3-4-6-16(15)23-2/h12-13,15-16,18H,3-11H2,1-2H3/t15-,16-/m0/s1. The maximum Gasteiger partial charge on any atom is 0.225 e. The molecule has 128 valence electrons. The van der Waals surface area contributed by atoms with Gasteiger partial charge in [0, 0.05) is 62.0 Å². The van der Waals surface area contributed by atoms with Gasteiger partial charge in [0.15, 0.2) is 0 Å². The van der Waals surface area contributed by atoms with Gasteiger partial charge in [-0.25, -0.2) is 9.97 Å². The summed E-state index contributed by atoms with van der Waals surface area (Å²) in [5, 5.41) is 4.48. The first-order chi connectivity index (χ1) is 11.3. The molecule has 6 heteroatoms. The van der Waals surface area contributed by atoms with E-state index < -0.39 is 0 Å². The average molecular weight is 336 g/mol. The second-order valence-corrected chi connectivity index (χ2v) is 7.80. The Morgan fingerprint density at radius 3 is 2.52 bits per heavy atom. The molecule has 5 nitrogen and oxygen atoms in total. The third-order valence-electron chi connectivity index (χ3n) is 5.05. The molecule has 0 spiro atoms. The SMILES string of the molecule is CS[C@H]1CCCC[C@@H]1NCc1cnc(N2CCN(C)CC2)nc1. The Labute approximate surface area is 144 Å². The van der Waals surface area contributed by atoms with Crippen molar-refractivity contribution in [2.24, 2.45) is 0 Å². The van der Waals surface area contributed by atoms with Crippen LogP contribution in [-0.2, 0) is 6.54 Å². The summed E-state index contributed by atoms with van der Waals surface area (Å²) in [5.74, 6) is 0.876. The molecule has 23 heavy (non-hydrogen) atoms. The molecule has 0 bridgehead atoms. The van der Waals surface area contributed by atoms with Gasteiger partial charge in [0.2, 0.25) is 5.95 Å². The van der Waals surface area contributed by atoms with Crippen LogP contribution in [0.1, 0.15) is 31.2 Å². The number of hydrogen-bond acceptors (Lipinski definition) is 6. The molecule has 3 rings (SSSR count). The molecule has 1 aromatic rings. The molecule has 2 atom stereocenters. The molecule has 2 aliphatic rings. The smallest absolute Gasteiger partial charge is 0.225 e. The van der Waals surface area contributed by atoms with Crippen LogP contribution in [0.5, 0.6) is 0 Å². The van der Waals surface area contributed by atoms with Crippen molar-refractivity contribution in [1.29, 1.82) is 0 Å². The minimum Gasteiger partial charge on any atom is -0.338 e. The highest BCUT2D eigenvalue weighted by Gasteiger charge is 2.23. The Bertz CT molecular complexity index is 472. The second-order valence-electron chi connectivity index (χ2n) is 6.73. The summed E-state index contributed by atoms with van der Waals surface area (Å²) in [7, 11) is 2.17. The molecule has 1 N–H and O–H groups in total. The van der Waals surface area contributed by atoms with Crippen LogP contribution in [0.4, 0.5) is 5.95 Å². The van der Waals surface area contributed by atoms with Crippen molar-refractivity contribution in [3.8, 4) is 0 Å². The van der Waals surface area contributed by atoms with Crippen LogP contribution in [0.25, 0.3) is 0 Å². The van der Waals surface area contributed by atoms with Gasteiger partial charge in [0.1, 0.15) is 0 Å². The Morgan fingerprint density at radius 2 is 1.83 bits per heavy atom. The molecule has 1 aliphatic carbocycles. The fraction of sp³-hybridized carbons (Fsp3) is 0.765. The second kappa shape index (κ2) is 8.31. The molecule has 0 radical (unpaired) electrons. The van der Waals surface area contributed by atoms with Gasteiger partial charge in [-0.3, -0.25) is 0 Å². The zero-order valence-electron chi connectivity index (χ0n) is 14.4. The number of nitrogens with one attached hydrogen (secondary N) is 1. The van der Waals surface area contributed by atoms with E-state index in [4.69, 9.17) is 0 Å². The van der Waals surface area contributed by atoms with Gasteiger partial charge in [-0.05, 0) is 26.1 Å². The van der Waals surface area contributed by atoms with Crippen molar-refractivity contribution in [3.63, 3.8) is 0 Å². The highest BCUT2D eigenvalue weighted by molar-refractivity contribution is 7.99. The van der Waals surface area contributed by atoms with Crippen molar-refractivity contribution in [1.82, 2.24) is 20.2 Å². The molecule has 2 heterocycles. The minimum atomic E-state index is 0.635. The molecule has 0 aromatic carbocycles. The van der Waals surface area contributed by atoms with Gasteiger partial charge in [-0.2, -0.15) is 11.8 Å². The van der Waals surface area contributed by atoms with Crippen LogP contribution >= 0.6 is 11.8 Å². The highest BCUT2D eigenvalue weighted by atomic mass is 32.2. The molecule has 1 saturated heterocycles. The van der Waals surface area contributed by atoms with E-state index in [2.05, 4.69) is 38.4 Å². The van der Waals surface area contributed by atoms with Gasteiger partial charge in [-0.15, -0.1) is 0 Å². The lowest BCUT2D eigenvalue weighted by Crippen LogP contribution is -2.45. The summed E-state index contributed by atoms with van der Waals surface area (Å²) >= 11 is 2.01. The lowest BCUT2D eigenvalue weighted by molar-refractivity contribution is 0.311. The predicted octanol–water partition coefficient (Wildman–Crippen LogP) is 1.99. The minimum absolute atomic E-state index is 0.635. The van der Waals surface area contributed by atoms with Crippen molar-refractivity contribution in [2.45, 2.75) is 43.5 Å². The van der Waals surface area contributed by atoms with E-state index in [9.17, 15) is 0 Å². The van der Waals surface area contributed by atoms with Crippen molar-refractivity contribution in [2.75, 3.05) is 44.4 Å². The third-order valence-corrected chi connectivity index (χ3v) is 6.22. The van der Waals surface area contributed by atoms with Crippen molar-refractivity contribution < 1.29 is 0 Å². The van der Waals surface area contributed by atoms with Crippen LogP contribution in [0.15, 0.2) is 12.4 Å². The molecule has 0 amide bonds. The van der Waals surface area contributed by atoms with Gasteiger partial charge in [0.25, 0.3) is 0 Å². The van der Waals surface area contributed by atoms with E-state index >= 15 is 0 Å². The average Bonchev–Trinajstić information content (AvgIpc) is 2.61. The molecule has 0 unspecified atom stereocenters. The van der Waals surface area contributed by atoms with Crippen molar-refractivity contribution in [3.05, 3.63) is 18.0 Å². The van der Waals surface area contributed by atoms with E-state index in [0.29, 0.717) is 6.04 Å². The lowest BCUT2D eigenvalue weighted by Gasteiger charge is -2.32. The molecular formula is C17H29N5S. The number of rotatable bonds is 5. The third kappa shape index (κ3) is 4.58. The van der Waals surface area contributed by atoms with Crippen LogP contribution in [0, 0.1) is 0 Å². The van der Waals surface area contributed by atoms with Crippen LogP contribution in [0.2, 0.25) is 0 Å². The Morgan fingerprint density at radius 1 is 1.13 bits per heavy atom. The molecule has 2 fully saturated rings. The summed E-state index contributed by atoms with van der Waals surface area (Å²) < 4.78 is 0. The normalized spacial score (nSPS) is 26.4. The van der Waals surface area contributed by atoms with Gasteiger partial charge in [0.05, 0.1) is 0 Å².